The molecule has 1 saturated heterocycles. The standard InChI is InChI=1S/C12H14ClNO4/c13-8-1-2-11(10(5-8)12(15)16)14-6-9-7-17-3-4-18-9/h1-2,5,9,14H,3-4,6-7H2,(H,15,16). The van der Waals surface area contributed by atoms with Crippen molar-refractivity contribution < 1.29 is 19.4 Å². The third-order valence-electron chi connectivity index (χ3n) is 2.62. The van der Waals surface area contributed by atoms with Crippen LogP contribution in [0.25, 0.3) is 0 Å². The monoisotopic (exact) mass is 271 g/mol. The number of nitrogens with one attached hydrogen (secondary N) is 1. The molecule has 2 rings (SSSR count). The second-order valence-electron chi connectivity index (χ2n) is 3.94. The van der Waals surface area contributed by atoms with E-state index < -0.39 is 5.97 Å². The maximum atomic E-state index is 11.1. The first-order valence-electron chi connectivity index (χ1n) is 5.63. The number of hydrogen-bond donors (Lipinski definition) is 2. The van der Waals surface area contributed by atoms with Gasteiger partial charge < -0.3 is 19.9 Å². The molecule has 0 saturated carbocycles. The van der Waals surface area contributed by atoms with Crippen LogP contribution in [0.15, 0.2) is 18.2 Å². The zero-order valence-corrected chi connectivity index (χ0v) is 10.4. The first-order chi connectivity index (χ1) is 8.66. The van der Waals surface area contributed by atoms with Gasteiger partial charge in [-0.05, 0) is 18.2 Å². The highest BCUT2D eigenvalue weighted by molar-refractivity contribution is 6.31. The van der Waals surface area contributed by atoms with Gasteiger partial charge in [-0.2, -0.15) is 0 Å². The Morgan fingerprint density at radius 3 is 3.00 bits per heavy atom. The van der Waals surface area contributed by atoms with Crippen LogP contribution in [0.1, 0.15) is 10.4 Å². The van der Waals surface area contributed by atoms with Gasteiger partial charge in [0.1, 0.15) is 0 Å². The van der Waals surface area contributed by atoms with Crippen LogP contribution in [0.4, 0.5) is 5.69 Å². The van der Waals surface area contributed by atoms with E-state index in [1.54, 1.807) is 12.1 Å². The van der Waals surface area contributed by atoms with Gasteiger partial charge in [-0.15, -0.1) is 0 Å². The van der Waals surface area contributed by atoms with E-state index in [0.717, 1.165) is 0 Å². The van der Waals surface area contributed by atoms with Gasteiger partial charge in [-0.1, -0.05) is 11.6 Å². The van der Waals surface area contributed by atoms with Crippen LogP contribution in [0, 0.1) is 0 Å². The predicted molar refractivity (Wildman–Crippen MR) is 67.5 cm³/mol. The molecule has 0 bridgehead atoms. The van der Waals surface area contributed by atoms with Crippen molar-refractivity contribution in [2.45, 2.75) is 6.10 Å². The highest BCUT2D eigenvalue weighted by Gasteiger charge is 2.16. The molecule has 1 aromatic rings. The van der Waals surface area contributed by atoms with E-state index in [4.69, 9.17) is 26.2 Å². The van der Waals surface area contributed by atoms with Crippen molar-refractivity contribution >= 4 is 23.3 Å². The topological polar surface area (TPSA) is 67.8 Å². The Morgan fingerprint density at radius 1 is 1.50 bits per heavy atom. The molecule has 0 amide bonds. The average molecular weight is 272 g/mol. The smallest absolute Gasteiger partial charge is 0.337 e. The molecule has 1 heterocycles. The number of carboxylic acids is 1. The van der Waals surface area contributed by atoms with Crippen molar-refractivity contribution in [2.24, 2.45) is 0 Å². The average Bonchev–Trinajstić information content (AvgIpc) is 2.38. The summed E-state index contributed by atoms with van der Waals surface area (Å²) in [6, 6.07) is 4.72. The molecule has 98 valence electrons. The molecule has 1 aromatic carbocycles. The number of halogens is 1. The number of aromatic carboxylic acids is 1. The van der Waals surface area contributed by atoms with Gasteiger partial charge in [-0.3, -0.25) is 0 Å². The lowest BCUT2D eigenvalue weighted by Crippen LogP contribution is -2.34. The molecule has 1 fully saturated rings. The zero-order valence-electron chi connectivity index (χ0n) is 9.69. The summed E-state index contributed by atoms with van der Waals surface area (Å²) in [4.78, 5) is 11.1. The van der Waals surface area contributed by atoms with Gasteiger partial charge in [0.25, 0.3) is 0 Å². The summed E-state index contributed by atoms with van der Waals surface area (Å²) in [5, 5.41) is 12.5. The third-order valence-corrected chi connectivity index (χ3v) is 2.85. The molecule has 2 N–H and O–H groups in total. The number of hydrogen-bond acceptors (Lipinski definition) is 4. The Hall–Kier alpha value is -1.30. The number of rotatable bonds is 4. The maximum absolute atomic E-state index is 11.1. The number of anilines is 1. The van der Waals surface area contributed by atoms with Crippen molar-refractivity contribution in [3.05, 3.63) is 28.8 Å². The summed E-state index contributed by atoms with van der Waals surface area (Å²) in [7, 11) is 0. The second-order valence-corrected chi connectivity index (χ2v) is 4.38. The highest BCUT2D eigenvalue weighted by atomic mass is 35.5. The lowest BCUT2D eigenvalue weighted by Gasteiger charge is -2.23. The molecule has 0 spiro atoms. The summed E-state index contributed by atoms with van der Waals surface area (Å²) >= 11 is 5.77. The van der Waals surface area contributed by atoms with Crippen molar-refractivity contribution in [3.8, 4) is 0 Å². The Labute approximate surface area is 110 Å². The zero-order chi connectivity index (χ0) is 13.0. The summed E-state index contributed by atoms with van der Waals surface area (Å²) in [5.41, 5.74) is 0.681. The van der Waals surface area contributed by atoms with Crippen molar-refractivity contribution in [1.82, 2.24) is 0 Å². The fraction of sp³-hybridized carbons (Fsp3) is 0.417. The SMILES string of the molecule is O=C(O)c1cc(Cl)ccc1NCC1COCCO1. The Balaban J connectivity index is 2.01. The molecule has 1 aliphatic heterocycles. The Morgan fingerprint density at radius 2 is 2.33 bits per heavy atom. The Bertz CT molecular complexity index is 432. The molecule has 1 atom stereocenters. The van der Waals surface area contributed by atoms with Crippen LogP contribution < -0.4 is 5.32 Å². The van der Waals surface area contributed by atoms with Crippen LogP contribution in [-0.4, -0.2) is 43.5 Å². The van der Waals surface area contributed by atoms with Crippen LogP contribution in [0.5, 0.6) is 0 Å². The molecule has 1 aliphatic rings. The fourth-order valence-electron chi connectivity index (χ4n) is 1.73. The van der Waals surface area contributed by atoms with Gasteiger partial charge in [0.2, 0.25) is 0 Å². The lowest BCUT2D eigenvalue weighted by molar-refractivity contribution is -0.0818. The Kier molecular flexibility index (Phi) is 4.41. The minimum atomic E-state index is -1.01. The minimum absolute atomic E-state index is 0.0592. The first-order valence-corrected chi connectivity index (χ1v) is 6.00. The molecule has 18 heavy (non-hydrogen) atoms. The van der Waals surface area contributed by atoms with Gasteiger partial charge in [0.05, 0.1) is 31.5 Å². The highest BCUT2D eigenvalue weighted by Crippen LogP contribution is 2.21. The van der Waals surface area contributed by atoms with E-state index in [0.29, 0.717) is 37.1 Å². The van der Waals surface area contributed by atoms with E-state index in [9.17, 15) is 4.79 Å². The van der Waals surface area contributed by atoms with E-state index >= 15 is 0 Å². The van der Waals surface area contributed by atoms with Crippen LogP contribution >= 0.6 is 11.6 Å². The summed E-state index contributed by atoms with van der Waals surface area (Å²) in [6.07, 6.45) is -0.0592. The number of benzene rings is 1. The summed E-state index contributed by atoms with van der Waals surface area (Å²) < 4.78 is 10.7. The van der Waals surface area contributed by atoms with E-state index in [2.05, 4.69) is 5.32 Å². The van der Waals surface area contributed by atoms with Crippen LogP contribution in [0.3, 0.4) is 0 Å². The molecular formula is C12H14ClNO4. The normalized spacial score (nSPS) is 19.5. The first kappa shape index (κ1) is 13.1. The minimum Gasteiger partial charge on any atom is -0.478 e. The van der Waals surface area contributed by atoms with Gasteiger partial charge in [0.15, 0.2) is 0 Å². The van der Waals surface area contributed by atoms with E-state index in [-0.39, 0.29) is 11.7 Å². The molecule has 0 aromatic heterocycles. The number of carbonyl (C=O) groups is 1. The quantitative estimate of drug-likeness (QED) is 0.875. The number of carboxylic acid groups (broad SMARTS) is 1. The largest absolute Gasteiger partial charge is 0.478 e. The molecular weight excluding hydrogens is 258 g/mol. The summed E-state index contributed by atoms with van der Waals surface area (Å²) in [5.74, 6) is -1.01. The predicted octanol–water partition coefficient (Wildman–Crippen LogP) is 1.87. The van der Waals surface area contributed by atoms with Crippen molar-refractivity contribution in [2.75, 3.05) is 31.7 Å². The van der Waals surface area contributed by atoms with Gasteiger partial charge >= 0.3 is 5.97 Å². The van der Waals surface area contributed by atoms with E-state index in [1.165, 1.54) is 6.07 Å². The lowest BCUT2D eigenvalue weighted by atomic mass is 10.1. The van der Waals surface area contributed by atoms with Crippen molar-refractivity contribution in [3.63, 3.8) is 0 Å². The molecule has 6 heteroatoms. The van der Waals surface area contributed by atoms with Crippen LogP contribution in [0.2, 0.25) is 5.02 Å². The van der Waals surface area contributed by atoms with Crippen molar-refractivity contribution in [1.29, 1.82) is 0 Å². The molecule has 0 radical (unpaired) electrons. The van der Waals surface area contributed by atoms with Gasteiger partial charge in [0, 0.05) is 17.3 Å². The summed E-state index contributed by atoms with van der Waals surface area (Å²) in [6.45, 7) is 2.20. The molecule has 1 unspecified atom stereocenters. The molecule has 5 nitrogen and oxygen atoms in total. The third kappa shape index (κ3) is 3.35. The molecule has 0 aliphatic carbocycles. The second kappa shape index (κ2) is 6.04. The fourth-order valence-corrected chi connectivity index (χ4v) is 1.90. The maximum Gasteiger partial charge on any atom is 0.337 e. The van der Waals surface area contributed by atoms with Crippen LogP contribution in [-0.2, 0) is 9.47 Å². The number of ether oxygens (including phenoxy) is 2. The van der Waals surface area contributed by atoms with Gasteiger partial charge in [-0.25, -0.2) is 4.79 Å². The van der Waals surface area contributed by atoms with E-state index in [1.807, 2.05) is 0 Å².